The number of halogens is 1. The number of thiazole rings is 1. The zero-order valence-electron chi connectivity index (χ0n) is 10.6. The Morgan fingerprint density at radius 1 is 1.47 bits per heavy atom. The molecule has 8 heteroatoms. The van der Waals surface area contributed by atoms with Crippen LogP contribution in [0.15, 0.2) is 4.21 Å². The molecule has 0 atom stereocenters. The van der Waals surface area contributed by atoms with Gasteiger partial charge in [0.2, 0.25) is 0 Å². The fourth-order valence-corrected chi connectivity index (χ4v) is 5.37. The molecule has 0 unspecified atom stereocenters. The van der Waals surface area contributed by atoms with Crippen molar-refractivity contribution in [1.82, 2.24) is 9.71 Å². The molecule has 5 nitrogen and oxygen atoms in total. The number of nitrogens with one attached hydrogen (secondary N) is 1. The van der Waals surface area contributed by atoms with Crippen molar-refractivity contribution in [2.24, 2.45) is 5.41 Å². The van der Waals surface area contributed by atoms with Crippen LogP contribution in [-0.2, 0) is 10.0 Å². The molecule has 0 aliphatic heterocycles. The number of aliphatic hydroxyl groups is 1. The summed E-state index contributed by atoms with van der Waals surface area (Å²) in [6, 6.07) is 0. The summed E-state index contributed by atoms with van der Waals surface area (Å²) in [5.74, 6) is 0. The van der Waals surface area contributed by atoms with Crippen LogP contribution >= 0.6 is 22.9 Å². The Hall–Kier alpha value is -0.210. The lowest BCUT2D eigenvalue weighted by Crippen LogP contribution is -2.38. The summed E-state index contributed by atoms with van der Waals surface area (Å²) in [6.07, 6.45) is 3.78. The maximum atomic E-state index is 12.2. The van der Waals surface area contributed by atoms with Crippen LogP contribution in [0.3, 0.4) is 0 Å². The third-order valence-corrected chi connectivity index (χ3v) is 6.88. The van der Waals surface area contributed by atoms with Crippen molar-refractivity contribution in [2.75, 3.05) is 13.2 Å². The molecule has 0 amide bonds. The number of aliphatic hydroxyl groups excluding tert-OH is 1. The van der Waals surface area contributed by atoms with Crippen molar-refractivity contribution >= 4 is 33.0 Å². The molecule has 108 valence electrons. The van der Waals surface area contributed by atoms with Crippen molar-refractivity contribution in [3.05, 3.63) is 10.2 Å². The van der Waals surface area contributed by atoms with E-state index >= 15 is 0 Å². The lowest BCUT2D eigenvalue weighted by molar-refractivity contribution is 0.134. The van der Waals surface area contributed by atoms with Crippen LogP contribution in [0.1, 0.15) is 31.4 Å². The van der Waals surface area contributed by atoms with Gasteiger partial charge in [-0.3, -0.25) is 0 Å². The maximum absolute atomic E-state index is 12.2. The topological polar surface area (TPSA) is 79.3 Å². The molecule has 0 aromatic carbocycles. The highest BCUT2D eigenvalue weighted by molar-refractivity contribution is 7.91. The van der Waals surface area contributed by atoms with Gasteiger partial charge in [-0.05, 0) is 19.8 Å². The van der Waals surface area contributed by atoms with Crippen molar-refractivity contribution < 1.29 is 13.5 Å². The molecule has 1 aliphatic rings. The minimum atomic E-state index is -3.60. The van der Waals surface area contributed by atoms with Crippen LogP contribution in [0.25, 0.3) is 0 Å². The monoisotopic (exact) mass is 324 g/mol. The minimum Gasteiger partial charge on any atom is -0.396 e. The van der Waals surface area contributed by atoms with E-state index in [4.69, 9.17) is 11.6 Å². The largest absolute Gasteiger partial charge is 0.396 e. The molecule has 1 fully saturated rings. The van der Waals surface area contributed by atoms with E-state index in [0.717, 1.165) is 37.0 Å². The SMILES string of the molecule is Cc1nc(Cl)sc1S(=O)(=O)NCC1(CO)CCCC1. The first-order chi connectivity index (χ1) is 8.88. The van der Waals surface area contributed by atoms with Crippen LogP contribution in [0.2, 0.25) is 4.47 Å². The summed E-state index contributed by atoms with van der Waals surface area (Å²) >= 11 is 6.68. The molecule has 0 saturated heterocycles. The lowest BCUT2D eigenvalue weighted by Gasteiger charge is -2.26. The summed E-state index contributed by atoms with van der Waals surface area (Å²) in [7, 11) is -3.60. The van der Waals surface area contributed by atoms with Gasteiger partial charge in [0, 0.05) is 18.6 Å². The van der Waals surface area contributed by atoms with E-state index in [0.29, 0.717) is 5.69 Å². The second-order valence-corrected chi connectivity index (χ2v) is 8.57. The van der Waals surface area contributed by atoms with Crippen LogP contribution in [-0.4, -0.2) is 31.7 Å². The van der Waals surface area contributed by atoms with Crippen molar-refractivity contribution in [3.63, 3.8) is 0 Å². The zero-order valence-corrected chi connectivity index (χ0v) is 13.0. The smallest absolute Gasteiger partial charge is 0.252 e. The molecule has 2 N–H and O–H groups in total. The first-order valence-electron chi connectivity index (χ1n) is 6.12. The van der Waals surface area contributed by atoms with E-state index < -0.39 is 10.0 Å². The van der Waals surface area contributed by atoms with Gasteiger partial charge in [0.15, 0.2) is 8.68 Å². The van der Waals surface area contributed by atoms with Crippen molar-refractivity contribution in [2.45, 2.75) is 36.8 Å². The molecule has 0 spiro atoms. The summed E-state index contributed by atoms with van der Waals surface area (Å²) in [4.78, 5) is 3.91. The molecule has 0 radical (unpaired) electrons. The fraction of sp³-hybridized carbons (Fsp3) is 0.727. The van der Waals surface area contributed by atoms with Gasteiger partial charge < -0.3 is 5.11 Å². The van der Waals surface area contributed by atoms with Crippen LogP contribution < -0.4 is 4.72 Å². The van der Waals surface area contributed by atoms with E-state index in [9.17, 15) is 13.5 Å². The highest BCUT2D eigenvalue weighted by Crippen LogP contribution is 2.37. The van der Waals surface area contributed by atoms with Gasteiger partial charge in [0.1, 0.15) is 0 Å². The summed E-state index contributed by atoms with van der Waals surface area (Å²) in [5, 5.41) is 9.48. The van der Waals surface area contributed by atoms with Gasteiger partial charge in [-0.25, -0.2) is 18.1 Å². The Labute approximate surface area is 122 Å². The lowest BCUT2D eigenvalue weighted by atomic mass is 9.88. The molecule has 1 saturated carbocycles. The highest BCUT2D eigenvalue weighted by Gasteiger charge is 2.35. The minimum absolute atomic E-state index is 0.0119. The molecular formula is C11H17ClN2O3S2. The summed E-state index contributed by atoms with van der Waals surface area (Å²) in [5.41, 5.74) is 0.0992. The van der Waals surface area contributed by atoms with Gasteiger partial charge in [-0.2, -0.15) is 0 Å². The summed E-state index contributed by atoms with van der Waals surface area (Å²) in [6.45, 7) is 1.90. The number of hydrogen-bond donors (Lipinski definition) is 2. The number of sulfonamides is 1. The normalized spacial score (nSPS) is 18.9. The van der Waals surface area contributed by atoms with E-state index in [1.54, 1.807) is 6.92 Å². The van der Waals surface area contributed by atoms with E-state index in [-0.39, 0.29) is 27.2 Å². The van der Waals surface area contributed by atoms with Gasteiger partial charge in [-0.15, -0.1) is 0 Å². The Kier molecular flexibility index (Phi) is 4.52. The first kappa shape index (κ1) is 15.2. The third-order valence-electron chi connectivity index (χ3n) is 3.61. The van der Waals surface area contributed by atoms with Crippen molar-refractivity contribution in [1.29, 1.82) is 0 Å². The Balaban J connectivity index is 2.12. The quantitative estimate of drug-likeness (QED) is 0.867. The average molecular weight is 325 g/mol. The van der Waals surface area contributed by atoms with Gasteiger partial charge >= 0.3 is 0 Å². The molecule has 1 heterocycles. The molecule has 1 aromatic rings. The van der Waals surface area contributed by atoms with Crippen LogP contribution in [0.4, 0.5) is 0 Å². The van der Waals surface area contributed by atoms with E-state index in [1.165, 1.54) is 0 Å². The third kappa shape index (κ3) is 3.28. The average Bonchev–Trinajstić information content (AvgIpc) is 2.95. The molecule has 1 aromatic heterocycles. The zero-order chi connectivity index (χ0) is 14.1. The Bertz CT molecular complexity index is 550. The maximum Gasteiger partial charge on any atom is 0.252 e. The second-order valence-electron chi connectivity index (χ2n) is 5.03. The summed E-state index contributed by atoms with van der Waals surface area (Å²) < 4.78 is 27.4. The molecule has 1 aliphatic carbocycles. The first-order valence-corrected chi connectivity index (χ1v) is 8.80. The van der Waals surface area contributed by atoms with E-state index in [1.807, 2.05) is 0 Å². The fourth-order valence-electron chi connectivity index (χ4n) is 2.43. The van der Waals surface area contributed by atoms with Gasteiger partial charge in [0.05, 0.1) is 5.69 Å². The molecule has 2 rings (SSSR count). The molecule has 0 bridgehead atoms. The molecular weight excluding hydrogens is 308 g/mol. The number of nitrogens with zero attached hydrogens (tertiary/aromatic N) is 1. The Morgan fingerprint density at radius 3 is 2.58 bits per heavy atom. The van der Waals surface area contributed by atoms with Crippen LogP contribution in [0, 0.1) is 12.3 Å². The number of aryl methyl sites for hydroxylation is 1. The molecule has 19 heavy (non-hydrogen) atoms. The van der Waals surface area contributed by atoms with Gasteiger partial charge in [-0.1, -0.05) is 35.8 Å². The highest BCUT2D eigenvalue weighted by atomic mass is 35.5. The standard InChI is InChI=1S/C11H17ClN2O3S2/c1-8-9(18-10(12)14-8)19(16,17)13-6-11(7-15)4-2-3-5-11/h13,15H,2-7H2,1H3. The second kappa shape index (κ2) is 5.65. The van der Waals surface area contributed by atoms with Crippen molar-refractivity contribution in [3.8, 4) is 0 Å². The number of hydrogen-bond acceptors (Lipinski definition) is 5. The predicted octanol–water partition coefficient (Wildman–Crippen LogP) is 1.94. The number of rotatable bonds is 5. The van der Waals surface area contributed by atoms with Crippen LogP contribution in [0.5, 0.6) is 0 Å². The predicted molar refractivity (Wildman–Crippen MR) is 75.0 cm³/mol. The van der Waals surface area contributed by atoms with E-state index in [2.05, 4.69) is 9.71 Å². The Morgan fingerprint density at radius 2 is 2.11 bits per heavy atom. The van der Waals surface area contributed by atoms with Gasteiger partial charge in [0.25, 0.3) is 10.0 Å². The number of aromatic nitrogens is 1.